The number of aliphatic hydroxyl groups is 2. The van der Waals surface area contributed by atoms with Crippen LogP contribution in [-0.4, -0.2) is 23.4 Å². The number of rotatable bonds is 2. The van der Waals surface area contributed by atoms with E-state index >= 15 is 0 Å². The Morgan fingerprint density at radius 2 is 1.45 bits per heavy atom. The molecule has 0 aromatic rings. The van der Waals surface area contributed by atoms with Crippen LogP contribution in [0.5, 0.6) is 0 Å². The summed E-state index contributed by atoms with van der Waals surface area (Å²) < 4.78 is 2.11. The minimum atomic E-state index is -0.336. The first-order valence-corrected chi connectivity index (χ1v) is 4.97. The molecule has 11 heavy (non-hydrogen) atoms. The van der Waals surface area contributed by atoms with E-state index in [1.165, 1.54) is 0 Å². The van der Waals surface area contributed by atoms with Crippen molar-refractivity contribution in [3.05, 3.63) is 8.96 Å². The topological polar surface area (TPSA) is 40.5 Å². The van der Waals surface area contributed by atoms with Gasteiger partial charge in [0.25, 0.3) is 0 Å². The molecule has 0 fully saturated rings. The molecule has 0 amide bonds. The zero-order chi connectivity index (χ0) is 8.48. The van der Waals surface area contributed by atoms with E-state index < -0.39 is 0 Å². The average molecular weight is 286 g/mol. The number of halogens is 2. The average Bonchev–Trinajstić information content (AvgIpc) is 2.29. The van der Waals surface area contributed by atoms with E-state index in [9.17, 15) is 0 Å². The fourth-order valence-corrected chi connectivity index (χ4v) is 2.66. The van der Waals surface area contributed by atoms with Crippen LogP contribution >= 0.6 is 31.9 Å². The van der Waals surface area contributed by atoms with Crippen LogP contribution in [-0.2, 0) is 0 Å². The molecule has 0 radical (unpaired) electrons. The highest BCUT2D eigenvalue weighted by Gasteiger charge is 2.36. The van der Waals surface area contributed by atoms with Crippen molar-refractivity contribution < 1.29 is 10.2 Å². The molecule has 0 aromatic carbocycles. The van der Waals surface area contributed by atoms with E-state index in [2.05, 4.69) is 31.9 Å². The summed E-state index contributed by atoms with van der Waals surface area (Å²) in [7, 11) is 0. The summed E-state index contributed by atoms with van der Waals surface area (Å²) in [6.45, 7) is 0.0708. The Bertz CT molecular complexity index is 169. The molecule has 2 N–H and O–H groups in total. The van der Waals surface area contributed by atoms with Gasteiger partial charge in [0.2, 0.25) is 0 Å². The first-order valence-electron chi connectivity index (χ1n) is 3.38. The van der Waals surface area contributed by atoms with Crippen molar-refractivity contribution in [1.29, 1.82) is 0 Å². The van der Waals surface area contributed by atoms with Crippen LogP contribution in [0.2, 0.25) is 0 Å². The lowest BCUT2D eigenvalue weighted by Gasteiger charge is -2.23. The Balaban J connectivity index is 2.69. The van der Waals surface area contributed by atoms with E-state index in [4.69, 9.17) is 10.2 Å². The molecule has 4 heteroatoms. The van der Waals surface area contributed by atoms with Gasteiger partial charge < -0.3 is 10.2 Å². The van der Waals surface area contributed by atoms with E-state index in [0.29, 0.717) is 0 Å². The molecule has 1 rings (SSSR count). The van der Waals surface area contributed by atoms with Gasteiger partial charge in [-0.15, -0.1) is 0 Å². The van der Waals surface area contributed by atoms with Gasteiger partial charge in [-0.25, -0.2) is 0 Å². The van der Waals surface area contributed by atoms with Crippen LogP contribution in [0.4, 0.5) is 0 Å². The van der Waals surface area contributed by atoms with Crippen molar-refractivity contribution in [2.45, 2.75) is 12.8 Å². The predicted molar refractivity (Wildman–Crippen MR) is 50.7 cm³/mol. The summed E-state index contributed by atoms with van der Waals surface area (Å²) >= 11 is 6.74. The van der Waals surface area contributed by atoms with Gasteiger partial charge in [-0.2, -0.15) is 0 Å². The maximum absolute atomic E-state index is 9.02. The summed E-state index contributed by atoms with van der Waals surface area (Å²) in [5, 5.41) is 18.0. The van der Waals surface area contributed by atoms with Crippen LogP contribution in [0, 0.1) is 5.41 Å². The van der Waals surface area contributed by atoms with Crippen LogP contribution in [0.15, 0.2) is 8.96 Å². The zero-order valence-electron chi connectivity index (χ0n) is 5.98. The van der Waals surface area contributed by atoms with Gasteiger partial charge in [-0.05, 0) is 12.8 Å². The maximum atomic E-state index is 9.02. The summed E-state index contributed by atoms with van der Waals surface area (Å²) in [5.41, 5.74) is -0.336. The molecule has 0 heterocycles. The fourth-order valence-electron chi connectivity index (χ4n) is 1.19. The molecule has 64 valence electrons. The SMILES string of the molecule is OCC1(CO)CC(Br)=C(Br)C1. The van der Waals surface area contributed by atoms with Gasteiger partial charge in [-0.3, -0.25) is 0 Å². The molecule has 0 atom stereocenters. The molecule has 1 aliphatic carbocycles. The Morgan fingerprint density at radius 1 is 1.09 bits per heavy atom. The van der Waals surface area contributed by atoms with E-state index in [1.807, 2.05) is 0 Å². The van der Waals surface area contributed by atoms with Gasteiger partial charge in [0.15, 0.2) is 0 Å². The van der Waals surface area contributed by atoms with Gasteiger partial charge in [0.1, 0.15) is 0 Å². The Hall–Kier alpha value is 0.620. The summed E-state index contributed by atoms with van der Waals surface area (Å²) in [4.78, 5) is 0. The highest BCUT2D eigenvalue weighted by Crippen LogP contribution is 2.46. The molecular weight excluding hydrogens is 276 g/mol. The molecule has 0 bridgehead atoms. The normalized spacial score (nSPS) is 22.9. The lowest BCUT2D eigenvalue weighted by Crippen LogP contribution is -2.26. The third-order valence-electron chi connectivity index (χ3n) is 2.03. The second-order valence-corrected chi connectivity index (χ2v) is 4.89. The number of aliphatic hydroxyl groups excluding tert-OH is 2. The first-order chi connectivity index (χ1) is 5.13. The van der Waals surface area contributed by atoms with Gasteiger partial charge in [0, 0.05) is 14.4 Å². The molecule has 0 spiro atoms. The summed E-state index contributed by atoms with van der Waals surface area (Å²) in [6, 6.07) is 0. The molecule has 0 aromatic heterocycles. The molecule has 2 nitrogen and oxygen atoms in total. The van der Waals surface area contributed by atoms with E-state index in [-0.39, 0.29) is 18.6 Å². The molecule has 0 saturated heterocycles. The van der Waals surface area contributed by atoms with Crippen LogP contribution in [0.1, 0.15) is 12.8 Å². The fraction of sp³-hybridized carbons (Fsp3) is 0.714. The highest BCUT2D eigenvalue weighted by molar-refractivity contribution is 9.14. The smallest absolute Gasteiger partial charge is 0.0516 e. The standard InChI is InChI=1S/C7H10Br2O2/c8-5-1-7(3-10,4-11)2-6(5)9/h10-11H,1-4H2. The van der Waals surface area contributed by atoms with Crippen molar-refractivity contribution in [3.8, 4) is 0 Å². The van der Waals surface area contributed by atoms with Gasteiger partial charge in [0.05, 0.1) is 13.2 Å². The largest absolute Gasteiger partial charge is 0.396 e. The number of allylic oxidation sites excluding steroid dienone is 2. The molecule has 0 unspecified atom stereocenters. The van der Waals surface area contributed by atoms with Crippen LogP contribution in [0.25, 0.3) is 0 Å². The van der Waals surface area contributed by atoms with Crippen molar-refractivity contribution in [3.63, 3.8) is 0 Å². The molecule has 1 aliphatic rings. The summed E-state index contributed by atoms with van der Waals surface area (Å²) in [5.74, 6) is 0. The van der Waals surface area contributed by atoms with Crippen molar-refractivity contribution in [1.82, 2.24) is 0 Å². The second kappa shape index (κ2) is 3.56. The number of hydrogen-bond donors (Lipinski definition) is 2. The molecule has 0 aliphatic heterocycles. The predicted octanol–water partition coefficient (Wildman–Crippen LogP) is 1.75. The second-order valence-electron chi connectivity index (χ2n) is 2.98. The van der Waals surface area contributed by atoms with Crippen molar-refractivity contribution in [2.75, 3.05) is 13.2 Å². The monoisotopic (exact) mass is 284 g/mol. The maximum Gasteiger partial charge on any atom is 0.0516 e. The minimum absolute atomic E-state index is 0.0354. The Labute approximate surface area is 82.6 Å². The quantitative estimate of drug-likeness (QED) is 0.812. The summed E-state index contributed by atoms with van der Waals surface area (Å²) in [6.07, 6.45) is 1.45. The van der Waals surface area contributed by atoms with Gasteiger partial charge >= 0.3 is 0 Å². The first kappa shape index (κ1) is 9.71. The van der Waals surface area contributed by atoms with Crippen LogP contribution < -0.4 is 0 Å². The van der Waals surface area contributed by atoms with Crippen molar-refractivity contribution in [2.24, 2.45) is 5.41 Å². The van der Waals surface area contributed by atoms with Crippen molar-refractivity contribution >= 4 is 31.9 Å². The third-order valence-corrected chi connectivity index (χ3v) is 4.08. The highest BCUT2D eigenvalue weighted by atomic mass is 79.9. The lowest BCUT2D eigenvalue weighted by molar-refractivity contribution is 0.0648. The van der Waals surface area contributed by atoms with Gasteiger partial charge in [-0.1, -0.05) is 31.9 Å². The van der Waals surface area contributed by atoms with E-state index in [0.717, 1.165) is 21.8 Å². The third kappa shape index (κ3) is 1.86. The Morgan fingerprint density at radius 3 is 1.64 bits per heavy atom. The lowest BCUT2D eigenvalue weighted by atomic mass is 9.88. The minimum Gasteiger partial charge on any atom is -0.396 e. The van der Waals surface area contributed by atoms with E-state index in [1.54, 1.807) is 0 Å². The molecule has 0 saturated carbocycles. The van der Waals surface area contributed by atoms with Crippen LogP contribution in [0.3, 0.4) is 0 Å². The zero-order valence-corrected chi connectivity index (χ0v) is 9.15. The number of hydrogen-bond acceptors (Lipinski definition) is 2. The molecular formula is C7H10Br2O2. The Kier molecular flexibility index (Phi) is 3.14.